The minimum Gasteiger partial charge on any atom is -0.382 e. The van der Waals surface area contributed by atoms with Crippen LogP contribution in [0, 0.1) is 5.82 Å². The molecule has 1 aliphatic rings. The van der Waals surface area contributed by atoms with Gasteiger partial charge in [0, 0.05) is 33.3 Å². The van der Waals surface area contributed by atoms with E-state index in [1.165, 1.54) is 12.1 Å². The smallest absolute Gasteiger partial charge is 0.250 e. The Morgan fingerprint density at radius 2 is 2.00 bits per heavy atom. The first-order valence-electron chi connectivity index (χ1n) is 7.69. The van der Waals surface area contributed by atoms with E-state index in [0.29, 0.717) is 18.9 Å². The van der Waals surface area contributed by atoms with Crippen molar-refractivity contribution < 1.29 is 18.7 Å². The van der Waals surface area contributed by atoms with Gasteiger partial charge in [-0.15, -0.1) is 0 Å². The highest BCUT2D eigenvalue weighted by Gasteiger charge is 2.18. The molecule has 1 N–H and O–H groups in total. The summed E-state index contributed by atoms with van der Waals surface area (Å²) in [5, 5.41) is 2.74. The number of piperazine rings is 1. The standard InChI is InChI=1S/C16H24FN3O3/c1-19-5-7-20(8-6-19)15-4-3-13(17)11-14(15)18-16(21)12-23-10-9-22-2/h3-4,11H,5-10,12H2,1-2H3,(H,18,21). The second kappa shape index (κ2) is 8.81. The van der Waals surface area contributed by atoms with Crippen molar-refractivity contribution in [2.24, 2.45) is 0 Å². The fraction of sp³-hybridized carbons (Fsp3) is 0.562. The molecule has 0 spiro atoms. The van der Waals surface area contributed by atoms with Gasteiger partial charge in [0.25, 0.3) is 0 Å². The first-order chi connectivity index (χ1) is 11.1. The van der Waals surface area contributed by atoms with Gasteiger partial charge in [0.2, 0.25) is 5.91 Å². The number of benzene rings is 1. The third-order valence-corrected chi connectivity index (χ3v) is 3.74. The molecule has 0 bridgehead atoms. The van der Waals surface area contributed by atoms with Crippen molar-refractivity contribution >= 4 is 17.3 Å². The van der Waals surface area contributed by atoms with E-state index >= 15 is 0 Å². The summed E-state index contributed by atoms with van der Waals surface area (Å²) in [6, 6.07) is 4.47. The number of halogens is 1. The Morgan fingerprint density at radius 3 is 2.70 bits per heavy atom. The first-order valence-corrected chi connectivity index (χ1v) is 7.69. The summed E-state index contributed by atoms with van der Waals surface area (Å²) < 4.78 is 23.6. The van der Waals surface area contributed by atoms with Crippen LogP contribution in [0.25, 0.3) is 0 Å². The molecule has 6 nitrogen and oxygen atoms in total. The van der Waals surface area contributed by atoms with Gasteiger partial charge >= 0.3 is 0 Å². The quantitative estimate of drug-likeness (QED) is 0.763. The number of carbonyl (C=O) groups excluding carboxylic acids is 1. The number of hydrogen-bond acceptors (Lipinski definition) is 5. The highest BCUT2D eigenvalue weighted by Crippen LogP contribution is 2.27. The number of hydrogen-bond donors (Lipinski definition) is 1. The number of rotatable bonds is 7. The lowest BCUT2D eigenvalue weighted by molar-refractivity contribution is -0.121. The second-order valence-corrected chi connectivity index (χ2v) is 5.55. The topological polar surface area (TPSA) is 54.0 Å². The Labute approximate surface area is 136 Å². The summed E-state index contributed by atoms with van der Waals surface area (Å²) in [5.41, 5.74) is 1.32. The molecule has 1 heterocycles. The number of ether oxygens (including phenoxy) is 2. The summed E-state index contributed by atoms with van der Waals surface area (Å²) in [6.45, 7) is 4.25. The maximum Gasteiger partial charge on any atom is 0.250 e. The van der Waals surface area contributed by atoms with E-state index in [9.17, 15) is 9.18 Å². The number of carbonyl (C=O) groups is 1. The first kappa shape index (κ1) is 17.7. The second-order valence-electron chi connectivity index (χ2n) is 5.55. The van der Waals surface area contributed by atoms with Crippen molar-refractivity contribution in [2.45, 2.75) is 0 Å². The zero-order chi connectivity index (χ0) is 16.7. The Balaban J connectivity index is 1.99. The van der Waals surface area contributed by atoms with Gasteiger partial charge in [-0.1, -0.05) is 0 Å². The highest BCUT2D eigenvalue weighted by atomic mass is 19.1. The SMILES string of the molecule is COCCOCC(=O)Nc1cc(F)ccc1N1CCN(C)CC1. The van der Waals surface area contributed by atoms with Crippen molar-refractivity contribution in [1.82, 2.24) is 4.90 Å². The summed E-state index contributed by atoms with van der Waals surface area (Å²) in [5.74, 6) is -0.680. The third-order valence-electron chi connectivity index (χ3n) is 3.74. The Hall–Kier alpha value is -1.70. The van der Waals surface area contributed by atoms with Crippen LogP contribution in [0.4, 0.5) is 15.8 Å². The van der Waals surface area contributed by atoms with Gasteiger partial charge in [-0.3, -0.25) is 4.79 Å². The van der Waals surface area contributed by atoms with Gasteiger partial charge in [-0.25, -0.2) is 4.39 Å². The number of likely N-dealkylation sites (N-methyl/N-ethyl adjacent to an activating group) is 1. The number of nitrogens with one attached hydrogen (secondary N) is 1. The Kier molecular flexibility index (Phi) is 6.76. The largest absolute Gasteiger partial charge is 0.382 e. The molecule has 1 fully saturated rings. The van der Waals surface area contributed by atoms with Crippen molar-refractivity contribution in [3.05, 3.63) is 24.0 Å². The van der Waals surface area contributed by atoms with Crippen LogP contribution < -0.4 is 10.2 Å². The molecule has 2 rings (SSSR count). The van der Waals surface area contributed by atoms with Crippen LogP contribution in [0.2, 0.25) is 0 Å². The summed E-state index contributed by atoms with van der Waals surface area (Å²) in [4.78, 5) is 16.3. The fourth-order valence-electron chi connectivity index (χ4n) is 2.42. The van der Waals surface area contributed by atoms with Gasteiger partial charge in [0.15, 0.2) is 0 Å². The average molecular weight is 325 g/mol. The van der Waals surface area contributed by atoms with Crippen molar-refractivity contribution in [2.75, 3.05) is 70.4 Å². The van der Waals surface area contributed by atoms with Crippen LogP contribution >= 0.6 is 0 Å². The monoisotopic (exact) mass is 325 g/mol. The number of amides is 1. The lowest BCUT2D eigenvalue weighted by Gasteiger charge is -2.35. The van der Waals surface area contributed by atoms with E-state index < -0.39 is 0 Å². The van der Waals surface area contributed by atoms with Gasteiger partial charge in [-0.05, 0) is 25.2 Å². The number of anilines is 2. The van der Waals surface area contributed by atoms with Crippen LogP contribution in [0.3, 0.4) is 0 Å². The molecule has 0 saturated carbocycles. The molecule has 0 aliphatic carbocycles. The molecule has 0 unspecified atom stereocenters. The fourth-order valence-corrected chi connectivity index (χ4v) is 2.42. The molecular formula is C16H24FN3O3. The normalized spacial score (nSPS) is 15.7. The zero-order valence-corrected chi connectivity index (χ0v) is 13.7. The van der Waals surface area contributed by atoms with E-state index in [1.807, 2.05) is 0 Å². The summed E-state index contributed by atoms with van der Waals surface area (Å²) in [7, 11) is 3.64. The molecule has 1 aromatic carbocycles. The van der Waals surface area contributed by atoms with E-state index in [0.717, 1.165) is 31.9 Å². The predicted molar refractivity (Wildman–Crippen MR) is 87.4 cm³/mol. The summed E-state index contributed by atoms with van der Waals surface area (Å²) >= 11 is 0. The number of nitrogens with zero attached hydrogens (tertiary/aromatic N) is 2. The average Bonchev–Trinajstić information content (AvgIpc) is 2.53. The van der Waals surface area contributed by atoms with E-state index in [1.54, 1.807) is 13.2 Å². The third kappa shape index (κ3) is 5.46. The van der Waals surface area contributed by atoms with Gasteiger partial charge < -0.3 is 24.6 Å². The van der Waals surface area contributed by atoms with Gasteiger partial charge in [-0.2, -0.15) is 0 Å². The minimum absolute atomic E-state index is 0.0813. The number of methoxy groups -OCH3 is 1. The molecule has 1 aromatic rings. The van der Waals surface area contributed by atoms with Gasteiger partial charge in [0.1, 0.15) is 12.4 Å². The van der Waals surface area contributed by atoms with Crippen LogP contribution in [0.15, 0.2) is 18.2 Å². The van der Waals surface area contributed by atoms with E-state index in [-0.39, 0.29) is 18.3 Å². The molecule has 1 amide bonds. The predicted octanol–water partition coefficient (Wildman–Crippen LogP) is 1.18. The van der Waals surface area contributed by atoms with Crippen molar-refractivity contribution in [1.29, 1.82) is 0 Å². The molecule has 0 aromatic heterocycles. The molecule has 128 valence electrons. The molecule has 7 heteroatoms. The maximum absolute atomic E-state index is 13.6. The molecule has 0 atom stereocenters. The van der Waals surface area contributed by atoms with Crippen LogP contribution in [0.5, 0.6) is 0 Å². The molecule has 0 radical (unpaired) electrons. The lowest BCUT2D eigenvalue weighted by atomic mass is 10.2. The molecule has 1 saturated heterocycles. The molecular weight excluding hydrogens is 301 g/mol. The minimum atomic E-state index is -0.376. The van der Waals surface area contributed by atoms with E-state index in [4.69, 9.17) is 9.47 Å². The molecule has 1 aliphatic heterocycles. The van der Waals surface area contributed by atoms with E-state index in [2.05, 4.69) is 22.2 Å². The Bertz CT molecular complexity index is 519. The van der Waals surface area contributed by atoms with Crippen molar-refractivity contribution in [3.8, 4) is 0 Å². The van der Waals surface area contributed by atoms with Crippen LogP contribution in [0.1, 0.15) is 0 Å². The highest BCUT2D eigenvalue weighted by molar-refractivity contribution is 5.95. The van der Waals surface area contributed by atoms with Crippen LogP contribution in [-0.4, -0.2) is 71.0 Å². The zero-order valence-electron chi connectivity index (χ0n) is 13.7. The Morgan fingerprint density at radius 1 is 1.26 bits per heavy atom. The van der Waals surface area contributed by atoms with Gasteiger partial charge in [0.05, 0.1) is 24.6 Å². The molecule has 23 heavy (non-hydrogen) atoms. The lowest BCUT2D eigenvalue weighted by Crippen LogP contribution is -2.44. The van der Waals surface area contributed by atoms with Crippen molar-refractivity contribution in [3.63, 3.8) is 0 Å². The van der Waals surface area contributed by atoms with Crippen LogP contribution in [-0.2, 0) is 14.3 Å². The maximum atomic E-state index is 13.6. The summed E-state index contributed by atoms with van der Waals surface area (Å²) in [6.07, 6.45) is 0.